The lowest BCUT2D eigenvalue weighted by atomic mass is 9.85. The van der Waals surface area contributed by atoms with E-state index in [1.807, 2.05) is 22.4 Å². The van der Waals surface area contributed by atoms with Crippen LogP contribution in [0.2, 0.25) is 0 Å². The van der Waals surface area contributed by atoms with Crippen molar-refractivity contribution in [3.8, 4) is 0 Å². The van der Waals surface area contributed by atoms with Crippen LogP contribution < -0.4 is 0 Å². The quantitative estimate of drug-likeness (QED) is 0.794. The number of carbonyl (C=O) groups excluding carboxylic acids is 2. The highest BCUT2D eigenvalue weighted by atomic mass is 32.1. The topological polar surface area (TPSA) is 40.6 Å². The number of amides is 2. The summed E-state index contributed by atoms with van der Waals surface area (Å²) in [6.07, 6.45) is 9.02. The second-order valence-electron chi connectivity index (χ2n) is 8.46. The molecule has 1 atom stereocenters. The molecule has 1 aliphatic heterocycles. The van der Waals surface area contributed by atoms with Crippen LogP contribution in [0.1, 0.15) is 68.0 Å². The third-order valence-corrected chi connectivity index (χ3v) is 7.22. The lowest BCUT2D eigenvalue weighted by molar-refractivity contribution is -0.141. The number of likely N-dealkylation sites (tertiary alicyclic amines) is 1. The molecule has 26 heavy (non-hydrogen) atoms. The molecule has 2 heterocycles. The zero-order valence-electron chi connectivity index (χ0n) is 15.7. The number of hydrogen-bond acceptors (Lipinski definition) is 3. The Hall–Kier alpha value is -1.36. The molecule has 2 amide bonds. The van der Waals surface area contributed by atoms with Crippen molar-refractivity contribution in [1.82, 2.24) is 9.80 Å². The van der Waals surface area contributed by atoms with Gasteiger partial charge in [0, 0.05) is 25.2 Å². The van der Waals surface area contributed by atoms with Gasteiger partial charge in [0.2, 0.25) is 5.91 Å². The van der Waals surface area contributed by atoms with E-state index in [0.717, 1.165) is 43.0 Å². The van der Waals surface area contributed by atoms with E-state index in [0.29, 0.717) is 24.5 Å². The monoisotopic (exact) mass is 374 g/mol. The van der Waals surface area contributed by atoms with Crippen molar-refractivity contribution in [3.05, 3.63) is 22.4 Å². The third kappa shape index (κ3) is 3.83. The summed E-state index contributed by atoms with van der Waals surface area (Å²) < 4.78 is 0. The summed E-state index contributed by atoms with van der Waals surface area (Å²) in [7, 11) is 0. The maximum atomic E-state index is 13.4. The van der Waals surface area contributed by atoms with Gasteiger partial charge in [-0.25, -0.2) is 0 Å². The summed E-state index contributed by atoms with van der Waals surface area (Å²) >= 11 is 1.49. The Balaban J connectivity index is 1.43. The number of thiophene rings is 1. The van der Waals surface area contributed by atoms with Crippen LogP contribution in [0.5, 0.6) is 0 Å². The number of nitrogens with zero attached hydrogens (tertiary/aromatic N) is 2. The van der Waals surface area contributed by atoms with E-state index >= 15 is 0 Å². The first-order valence-electron chi connectivity index (χ1n) is 10.3. The van der Waals surface area contributed by atoms with E-state index in [1.165, 1.54) is 37.0 Å². The van der Waals surface area contributed by atoms with Gasteiger partial charge in [-0.1, -0.05) is 13.0 Å². The van der Waals surface area contributed by atoms with Gasteiger partial charge in [-0.15, -0.1) is 11.3 Å². The minimum atomic E-state index is -0.00684. The van der Waals surface area contributed by atoms with Crippen molar-refractivity contribution in [1.29, 1.82) is 0 Å². The van der Waals surface area contributed by atoms with Crippen LogP contribution in [0, 0.1) is 11.8 Å². The van der Waals surface area contributed by atoms with Crippen LogP contribution in [0.4, 0.5) is 0 Å². The molecular weight excluding hydrogens is 344 g/mol. The van der Waals surface area contributed by atoms with E-state index in [1.54, 1.807) is 0 Å². The van der Waals surface area contributed by atoms with Gasteiger partial charge in [-0.2, -0.15) is 0 Å². The molecule has 1 unspecified atom stereocenters. The molecule has 4 rings (SSSR count). The smallest absolute Gasteiger partial charge is 0.263 e. The second kappa shape index (κ2) is 7.71. The average Bonchev–Trinajstić information content (AvgIpc) is 3.34. The van der Waals surface area contributed by atoms with Crippen molar-refractivity contribution in [3.63, 3.8) is 0 Å². The molecule has 1 aromatic heterocycles. The molecular formula is C21H30N2O2S. The number of hydrogen-bond donors (Lipinski definition) is 0. The van der Waals surface area contributed by atoms with Gasteiger partial charge < -0.3 is 9.80 Å². The Morgan fingerprint density at radius 2 is 1.77 bits per heavy atom. The molecule has 0 spiro atoms. The molecule has 2 aliphatic carbocycles. The van der Waals surface area contributed by atoms with Crippen LogP contribution in [0.15, 0.2) is 17.5 Å². The summed E-state index contributed by atoms with van der Waals surface area (Å²) in [5, 5.41) is 1.94. The van der Waals surface area contributed by atoms with Gasteiger partial charge >= 0.3 is 0 Å². The second-order valence-corrected chi connectivity index (χ2v) is 9.41. The van der Waals surface area contributed by atoms with E-state index in [2.05, 4.69) is 11.8 Å². The highest BCUT2D eigenvalue weighted by molar-refractivity contribution is 7.12. The lowest BCUT2D eigenvalue weighted by Crippen LogP contribution is -2.51. The van der Waals surface area contributed by atoms with Gasteiger partial charge in [0.15, 0.2) is 0 Å². The highest BCUT2D eigenvalue weighted by Crippen LogP contribution is 2.37. The van der Waals surface area contributed by atoms with Gasteiger partial charge in [-0.3, -0.25) is 9.59 Å². The summed E-state index contributed by atoms with van der Waals surface area (Å²) in [6, 6.07) is 4.72. The zero-order chi connectivity index (χ0) is 18.1. The number of carbonyl (C=O) groups is 2. The molecule has 1 saturated heterocycles. The maximum absolute atomic E-state index is 13.4. The van der Waals surface area contributed by atoms with Crippen molar-refractivity contribution in [2.45, 2.75) is 70.4 Å². The van der Waals surface area contributed by atoms with Crippen molar-refractivity contribution in [2.75, 3.05) is 13.1 Å². The van der Waals surface area contributed by atoms with Crippen molar-refractivity contribution < 1.29 is 9.59 Å². The highest BCUT2D eigenvalue weighted by Gasteiger charge is 2.42. The number of rotatable bonds is 4. The third-order valence-electron chi connectivity index (χ3n) is 6.36. The van der Waals surface area contributed by atoms with Crippen molar-refractivity contribution >= 4 is 23.2 Å². The summed E-state index contributed by atoms with van der Waals surface area (Å²) in [5.74, 6) is 1.22. The van der Waals surface area contributed by atoms with Crippen LogP contribution in [-0.4, -0.2) is 46.8 Å². The predicted molar refractivity (Wildman–Crippen MR) is 104 cm³/mol. The van der Waals surface area contributed by atoms with Crippen LogP contribution >= 0.6 is 11.3 Å². The van der Waals surface area contributed by atoms with E-state index < -0.39 is 0 Å². The van der Waals surface area contributed by atoms with E-state index in [9.17, 15) is 9.59 Å². The summed E-state index contributed by atoms with van der Waals surface area (Å²) in [6.45, 7) is 3.71. The summed E-state index contributed by atoms with van der Waals surface area (Å²) in [5.41, 5.74) is 0. The minimum Gasteiger partial charge on any atom is -0.337 e. The van der Waals surface area contributed by atoms with E-state index in [4.69, 9.17) is 0 Å². The van der Waals surface area contributed by atoms with Gasteiger partial charge in [0.1, 0.15) is 0 Å². The summed E-state index contributed by atoms with van der Waals surface area (Å²) in [4.78, 5) is 31.1. The molecule has 0 N–H and O–H groups in total. The molecule has 0 aromatic carbocycles. The first-order chi connectivity index (χ1) is 12.6. The standard InChI is InChI=1S/C21H30N2O2S/c1-15-6-8-17(9-7-15)23(18-10-11-18)20(24)16-4-2-12-22(14-16)21(25)19-5-3-13-26-19/h3,5,13,15-18H,2,4,6-12,14H2,1H3. The molecule has 3 aliphatic rings. The van der Waals surface area contributed by atoms with Gasteiger partial charge in [-0.05, 0) is 68.7 Å². The normalized spacial score (nSPS) is 29.4. The average molecular weight is 375 g/mol. The fourth-order valence-electron chi connectivity index (χ4n) is 4.66. The Kier molecular flexibility index (Phi) is 5.35. The Bertz CT molecular complexity index is 632. The Morgan fingerprint density at radius 1 is 1.08 bits per heavy atom. The van der Waals surface area contributed by atoms with Gasteiger partial charge in [0.25, 0.3) is 5.91 Å². The fraction of sp³-hybridized carbons (Fsp3) is 0.714. The van der Waals surface area contributed by atoms with Crippen LogP contribution in [0.25, 0.3) is 0 Å². The Labute approximate surface area is 160 Å². The van der Waals surface area contributed by atoms with Crippen LogP contribution in [-0.2, 0) is 4.79 Å². The molecule has 3 fully saturated rings. The Morgan fingerprint density at radius 3 is 2.38 bits per heavy atom. The molecule has 5 heteroatoms. The minimum absolute atomic E-state index is 0.00684. The van der Waals surface area contributed by atoms with Gasteiger partial charge in [0.05, 0.1) is 10.8 Å². The SMILES string of the molecule is CC1CCC(N(C(=O)C2CCCN(C(=O)c3cccs3)C2)C2CC2)CC1. The first kappa shape index (κ1) is 18.0. The fourth-order valence-corrected chi connectivity index (χ4v) is 5.35. The number of piperidine rings is 1. The lowest BCUT2D eigenvalue weighted by Gasteiger charge is -2.40. The molecule has 0 radical (unpaired) electrons. The molecule has 4 nitrogen and oxygen atoms in total. The molecule has 1 aromatic rings. The zero-order valence-corrected chi connectivity index (χ0v) is 16.5. The predicted octanol–water partition coefficient (Wildman–Crippen LogP) is 4.17. The first-order valence-corrected chi connectivity index (χ1v) is 11.2. The van der Waals surface area contributed by atoms with Crippen molar-refractivity contribution in [2.24, 2.45) is 11.8 Å². The molecule has 0 bridgehead atoms. The molecule has 2 saturated carbocycles. The largest absolute Gasteiger partial charge is 0.337 e. The maximum Gasteiger partial charge on any atom is 0.263 e. The molecule has 142 valence electrons. The van der Waals surface area contributed by atoms with E-state index in [-0.39, 0.29) is 11.8 Å². The van der Waals surface area contributed by atoms with Crippen LogP contribution in [0.3, 0.4) is 0 Å².